The van der Waals surface area contributed by atoms with Crippen molar-refractivity contribution in [1.29, 1.82) is 0 Å². The summed E-state index contributed by atoms with van der Waals surface area (Å²) in [6.07, 6.45) is 7.76. The van der Waals surface area contributed by atoms with Gasteiger partial charge in [0.05, 0.1) is 0 Å². The first kappa shape index (κ1) is 22.0. The van der Waals surface area contributed by atoms with Crippen molar-refractivity contribution in [2.45, 2.75) is 56.9 Å². The summed E-state index contributed by atoms with van der Waals surface area (Å²) in [5.41, 5.74) is 2.53. The Labute approximate surface area is 206 Å². The van der Waals surface area contributed by atoms with Crippen molar-refractivity contribution < 1.29 is 9.53 Å². The molecule has 35 heavy (non-hydrogen) atoms. The van der Waals surface area contributed by atoms with Crippen LogP contribution >= 0.6 is 0 Å². The molecule has 1 aliphatic heterocycles. The summed E-state index contributed by atoms with van der Waals surface area (Å²) in [4.78, 5) is 12.5. The molecule has 2 amide bonds. The highest BCUT2D eigenvalue weighted by Crippen LogP contribution is 2.51. The molecule has 0 atom stereocenters. The molecule has 1 heterocycles. The van der Waals surface area contributed by atoms with E-state index < -0.39 is 0 Å². The third-order valence-corrected chi connectivity index (χ3v) is 7.67. The lowest BCUT2D eigenvalue weighted by Crippen LogP contribution is -2.43. The Bertz CT molecular complexity index is 1290. The van der Waals surface area contributed by atoms with Gasteiger partial charge in [-0.15, -0.1) is 0 Å². The van der Waals surface area contributed by atoms with Crippen molar-refractivity contribution in [3.8, 4) is 11.5 Å². The van der Waals surface area contributed by atoms with Gasteiger partial charge in [-0.25, -0.2) is 4.79 Å². The maximum atomic E-state index is 12.5. The van der Waals surface area contributed by atoms with E-state index in [2.05, 4.69) is 83.4 Å². The lowest BCUT2D eigenvalue weighted by atomic mass is 9.80. The molecule has 6 rings (SSSR count). The van der Waals surface area contributed by atoms with Crippen LogP contribution in [0.4, 0.5) is 4.79 Å². The van der Waals surface area contributed by atoms with Gasteiger partial charge in [0, 0.05) is 29.6 Å². The van der Waals surface area contributed by atoms with Crippen molar-refractivity contribution in [3.63, 3.8) is 0 Å². The standard InChI is InChI=1S/C31H32N2O2/c34-31(33-23-11-2-1-3-12-23)32-20-8-15-26-29-24-13-6-4-9-21(24)16-18-27(29)35-28-19-17-22-10-5-7-14-25(22)30(26)28/h4-7,9-10,13-14,16-19,23,26H,1-3,8,11-12,15,20H2,(H2,32,33,34). The fourth-order valence-electron chi connectivity index (χ4n) is 5.99. The zero-order chi connectivity index (χ0) is 23.6. The van der Waals surface area contributed by atoms with Gasteiger partial charge in [0.2, 0.25) is 0 Å². The van der Waals surface area contributed by atoms with E-state index in [1.807, 2.05) is 0 Å². The second-order valence-corrected chi connectivity index (χ2v) is 9.93. The van der Waals surface area contributed by atoms with Gasteiger partial charge in [0.15, 0.2) is 0 Å². The fraction of sp³-hybridized carbons (Fsp3) is 0.323. The molecule has 1 saturated carbocycles. The smallest absolute Gasteiger partial charge is 0.315 e. The van der Waals surface area contributed by atoms with E-state index in [-0.39, 0.29) is 11.9 Å². The van der Waals surface area contributed by atoms with Crippen molar-refractivity contribution >= 4 is 27.6 Å². The minimum absolute atomic E-state index is 0.0272. The van der Waals surface area contributed by atoms with E-state index in [9.17, 15) is 4.79 Å². The third-order valence-electron chi connectivity index (χ3n) is 7.67. The number of carbonyl (C=O) groups excluding carboxylic acids is 1. The largest absolute Gasteiger partial charge is 0.457 e. The highest BCUT2D eigenvalue weighted by atomic mass is 16.5. The molecule has 4 heteroatoms. The molecule has 2 N–H and O–H groups in total. The van der Waals surface area contributed by atoms with Gasteiger partial charge in [-0.1, -0.05) is 79.9 Å². The summed E-state index contributed by atoms with van der Waals surface area (Å²) in [5, 5.41) is 11.2. The van der Waals surface area contributed by atoms with Gasteiger partial charge in [0.1, 0.15) is 11.5 Å². The first-order valence-corrected chi connectivity index (χ1v) is 13.0. The molecule has 4 aromatic carbocycles. The molecule has 1 fully saturated rings. The zero-order valence-electron chi connectivity index (χ0n) is 20.1. The highest BCUT2D eigenvalue weighted by Gasteiger charge is 2.30. The molecule has 4 aromatic rings. The lowest BCUT2D eigenvalue weighted by Gasteiger charge is -2.31. The van der Waals surface area contributed by atoms with E-state index >= 15 is 0 Å². The molecular formula is C31H32N2O2. The molecular weight excluding hydrogens is 432 g/mol. The van der Waals surface area contributed by atoms with Crippen LogP contribution in [0, 0.1) is 0 Å². The second-order valence-electron chi connectivity index (χ2n) is 9.93. The first-order chi connectivity index (χ1) is 17.3. The van der Waals surface area contributed by atoms with E-state index in [0.717, 1.165) is 37.2 Å². The topological polar surface area (TPSA) is 50.4 Å². The average Bonchev–Trinajstić information content (AvgIpc) is 2.90. The number of rotatable bonds is 5. The number of urea groups is 1. The second kappa shape index (κ2) is 9.61. The Kier molecular flexibility index (Phi) is 6.03. The summed E-state index contributed by atoms with van der Waals surface area (Å²) >= 11 is 0. The van der Waals surface area contributed by atoms with E-state index in [1.54, 1.807) is 0 Å². The average molecular weight is 465 g/mol. The van der Waals surface area contributed by atoms with Gasteiger partial charge in [-0.3, -0.25) is 0 Å². The molecule has 0 unspecified atom stereocenters. The van der Waals surface area contributed by atoms with Crippen LogP contribution in [-0.4, -0.2) is 18.6 Å². The Balaban J connectivity index is 1.28. The number of hydrogen-bond acceptors (Lipinski definition) is 2. The van der Waals surface area contributed by atoms with Gasteiger partial charge in [-0.2, -0.15) is 0 Å². The van der Waals surface area contributed by atoms with Gasteiger partial charge in [-0.05, 0) is 59.4 Å². The van der Waals surface area contributed by atoms with Crippen LogP contribution in [-0.2, 0) is 0 Å². The monoisotopic (exact) mass is 464 g/mol. The Morgan fingerprint density at radius 1 is 0.771 bits per heavy atom. The fourth-order valence-corrected chi connectivity index (χ4v) is 5.99. The SMILES string of the molecule is O=C(NCCCC1c2c(ccc3ccccc23)Oc2ccc3ccccc3c21)NC1CCCCC1. The van der Waals surface area contributed by atoms with Crippen LogP contribution in [0.5, 0.6) is 11.5 Å². The molecule has 0 radical (unpaired) electrons. The number of benzene rings is 4. The number of carbonyl (C=O) groups is 1. The predicted octanol–water partition coefficient (Wildman–Crippen LogP) is 7.64. The minimum atomic E-state index is -0.0272. The summed E-state index contributed by atoms with van der Waals surface area (Å²) in [6, 6.07) is 26.0. The van der Waals surface area contributed by atoms with E-state index in [0.29, 0.717) is 12.6 Å². The summed E-state index contributed by atoms with van der Waals surface area (Å²) in [5.74, 6) is 2.09. The van der Waals surface area contributed by atoms with Crippen LogP contribution in [0.15, 0.2) is 72.8 Å². The van der Waals surface area contributed by atoms with Crippen molar-refractivity contribution in [2.75, 3.05) is 6.54 Å². The molecule has 1 aliphatic carbocycles. The van der Waals surface area contributed by atoms with Crippen LogP contribution in [0.25, 0.3) is 21.5 Å². The summed E-state index contributed by atoms with van der Waals surface area (Å²) in [6.45, 7) is 0.663. The van der Waals surface area contributed by atoms with E-state index in [4.69, 9.17) is 4.74 Å². The van der Waals surface area contributed by atoms with Gasteiger partial charge < -0.3 is 15.4 Å². The molecule has 2 aliphatic rings. The Hall–Kier alpha value is -3.53. The van der Waals surface area contributed by atoms with Crippen LogP contribution < -0.4 is 15.4 Å². The molecule has 0 aromatic heterocycles. The molecule has 178 valence electrons. The Morgan fingerprint density at radius 3 is 2.00 bits per heavy atom. The molecule has 0 saturated heterocycles. The zero-order valence-corrected chi connectivity index (χ0v) is 20.1. The quantitative estimate of drug-likeness (QED) is 0.298. The normalized spacial score (nSPS) is 15.9. The minimum Gasteiger partial charge on any atom is -0.457 e. The third kappa shape index (κ3) is 4.34. The number of nitrogens with one attached hydrogen (secondary N) is 2. The number of fused-ring (bicyclic) bond motifs is 6. The summed E-state index contributed by atoms with van der Waals surface area (Å²) in [7, 11) is 0. The Morgan fingerprint density at radius 2 is 1.37 bits per heavy atom. The van der Waals surface area contributed by atoms with Gasteiger partial charge in [0.25, 0.3) is 0 Å². The van der Waals surface area contributed by atoms with Crippen LogP contribution in [0.2, 0.25) is 0 Å². The predicted molar refractivity (Wildman–Crippen MR) is 142 cm³/mol. The van der Waals surface area contributed by atoms with Crippen molar-refractivity contribution in [1.82, 2.24) is 10.6 Å². The van der Waals surface area contributed by atoms with Crippen LogP contribution in [0.1, 0.15) is 62.0 Å². The molecule has 0 bridgehead atoms. The van der Waals surface area contributed by atoms with Crippen LogP contribution in [0.3, 0.4) is 0 Å². The highest BCUT2D eigenvalue weighted by molar-refractivity contribution is 5.94. The number of hydrogen-bond donors (Lipinski definition) is 2. The lowest BCUT2D eigenvalue weighted by molar-refractivity contribution is 0.232. The maximum absolute atomic E-state index is 12.5. The van der Waals surface area contributed by atoms with Crippen molar-refractivity contribution in [3.05, 3.63) is 83.9 Å². The number of amides is 2. The van der Waals surface area contributed by atoms with Gasteiger partial charge >= 0.3 is 6.03 Å². The number of ether oxygens (including phenoxy) is 1. The van der Waals surface area contributed by atoms with Crippen molar-refractivity contribution in [2.24, 2.45) is 0 Å². The summed E-state index contributed by atoms with van der Waals surface area (Å²) < 4.78 is 6.47. The first-order valence-electron chi connectivity index (χ1n) is 13.0. The molecule has 4 nitrogen and oxygen atoms in total. The molecule has 0 spiro atoms. The maximum Gasteiger partial charge on any atom is 0.315 e. The van der Waals surface area contributed by atoms with E-state index in [1.165, 1.54) is 51.9 Å².